The van der Waals surface area contributed by atoms with Crippen LogP contribution < -0.4 is 10.2 Å². The highest BCUT2D eigenvalue weighted by Crippen LogP contribution is 2.23. The smallest absolute Gasteiger partial charge is 0.258 e. The Morgan fingerprint density at radius 1 is 1.11 bits per heavy atom. The monoisotopic (exact) mass is 373 g/mol. The maximum absolute atomic E-state index is 12.6. The van der Waals surface area contributed by atoms with Crippen molar-refractivity contribution in [1.82, 2.24) is 24.5 Å². The Bertz CT molecular complexity index is 1170. The highest BCUT2D eigenvalue weighted by atomic mass is 16.1. The minimum absolute atomic E-state index is 0.253. The zero-order chi connectivity index (χ0) is 19.7. The molecule has 0 fully saturated rings. The van der Waals surface area contributed by atoms with Gasteiger partial charge in [0.05, 0.1) is 23.7 Å². The number of hydrogen-bond acceptors (Lipinski definition) is 6. The molecule has 0 atom stereocenters. The number of hydrogen-bond donors (Lipinski definition) is 1. The third-order valence-corrected chi connectivity index (χ3v) is 4.39. The molecule has 1 N–H and O–H groups in total. The molecule has 3 heterocycles. The first-order valence-electron chi connectivity index (χ1n) is 8.69. The Labute approximate surface area is 161 Å². The van der Waals surface area contributed by atoms with E-state index in [9.17, 15) is 4.79 Å². The van der Waals surface area contributed by atoms with Gasteiger partial charge in [-0.1, -0.05) is 12.1 Å². The molecule has 0 aliphatic carbocycles. The van der Waals surface area contributed by atoms with Gasteiger partial charge in [0.1, 0.15) is 5.82 Å². The van der Waals surface area contributed by atoms with E-state index in [0.29, 0.717) is 11.4 Å². The molecule has 0 aliphatic heterocycles. The normalized spacial score (nSPS) is 10.8. The average molecular weight is 373 g/mol. The third kappa shape index (κ3) is 3.39. The number of imidazole rings is 1. The van der Waals surface area contributed by atoms with Gasteiger partial charge in [0.15, 0.2) is 0 Å². The van der Waals surface area contributed by atoms with Crippen molar-refractivity contribution in [1.29, 1.82) is 0 Å². The quantitative estimate of drug-likeness (QED) is 0.592. The second-order valence-corrected chi connectivity index (χ2v) is 6.61. The minimum atomic E-state index is -0.285. The van der Waals surface area contributed by atoms with Gasteiger partial charge in [-0.3, -0.25) is 10.1 Å². The lowest BCUT2D eigenvalue weighted by Crippen LogP contribution is -2.16. The SMILES string of the molecule is CN(C)c1cc(C(=O)Nc2ncc3ccc(-c4cncn4C)cc3n2)ccn1. The molecule has 8 nitrogen and oxygen atoms in total. The Balaban J connectivity index is 1.63. The van der Waals surface area contributed by atoms with Crippen molar-refractivity contribution in [2.45, 2.75) is 0 Å². The molecule has 0 unspecified atom stereocenters. The van der Waals surface area contributed by atoms with E-state index in [-0.39, 0.29) is 11.9 Å². The summed E-state index contributed by atoms with van der Waals surface area (Å²) in [5, 5.41) is 3.65. The van der Waals surface area contributed by atoms with E-state index in [2.05, 4.69) is 25.3 Å². The van der Waals surface area contributed by atoms with E-state index in [4.69, 9.17) is 0 Å². The van der Waals surface area contributed by atoms with Crippen LogP contribution in [0.5, 0.6) is 0 Å². The summed E-state index contributed by atoms with van der Waals surface area (Å²) in [6, 6.07) is 9.29. The first kappa shape index (κ1) is 17.6. The molecule has 4 rings (SSSR count). The fourth-order valence-corrected chi connectivity index (χ4v) is 2.86. The van der Waals surface area contributed by atoms with Crippen LogP contribution in [0.4, 0.5) is 11.8 Å². The maximum atomic E-state index is 12.6. The van der Waals surface area contributed by atoms with Crippen molar-refractivity contribution in [3.63, 3.8) is 0 Å². The van der Waals surface area contributed by atoms with Gasteiger partial charge in [0.25, 0.3) is 5.91 Å². The number of fused-ring (bicyclic) bond motifs is 1. The summed E-state index contributed by atoms with van der Waals surface area (Å²) in [7, 11) is 5.68. The number of carbonyl (C=O) groups is 1. The molecule has 0 bridgehead atoms. The second-order valence-electron chi connectivity index (χ2n) is 6.61. The molecule has 0 saturated heterocycles. The predicted molar refractivity (Wildman–Crippen MR) is 108 cm³/mol. The number of anilines is 2. The number of nitrogens with one attached hydrogen (secondary N) is 1. The predicted octanol–water partition coefficient (Wildman–Crippen LogP) is 2.74. The largest absolute Gasteiger partial charge is 0.363 e. The Hall–Kier alpha value is -3.81. The van der Waals surface area contributed by atoms with Crippen LogP contribution in [0.3, 0.4) is 0 Å². The van der Waals surface area contributed by atoms with Crippen molar-refractivity contribution in [2.75, 3.05) is 24.3 Å². The van der Waals surface area contributed by atoms with Crippen molar-refractivity contribution >= 4 is 28.6 Å². The Morgan fingerprint density at radius 2 is 1.96 bits per heavy atom. The van der Waals surface area contributed by atoms with Gasteiger partial charge >= 0.3 is 0 Å². The molecule has 3 aromatic heterocycles. The molecule has 140 valence electrons. The van der Waals surface area contributed by atoms with Crippen LogP contribution in [-0.2, 0) is 7.05 Å². The number of nitrogens with zero attached hydrogens (tertiary/aromatic N) is 6. The average Bonchev–Trinajstić information content (AvgIpc) is 3.13. The number of pyridine rings is 1. The summed E-state index contributed by atoms with van der Waals surface area (Å²) in [6.45, 7) is 0. The van der Waals surface area contributed by atoms with Crippen LogP contribution in [0.2, 0.25) is 0 Å². The van der Waals surface area contributed by atoms with Crippen LogP contribution in [0.15, 0.2) is 55.2 Å². The summed E-state index contributed by atoms with van der Waals surface area (Å²) in [5.41, 5.74) is 3.21. The van der Waals surface area contributed by atoms with Crippen molar-refractivity contribution in [2.24, 2.45) is 7.05 Å². The zero-order valence-electron chi connectivity index (χ0n) is 15.8. The lowest BCUT2D eigenvalue weighted by atomic mass is 10.1. The number of rotatable bonds is 4. The number of aryl methyl sites for hydroxylation is 1. The number of benzene rings is 1. The van der Waals surface area contributed by atoms with Crippen LogP contribution in [0.1, 0.15) is 10.4 Å². The van der Waals surface area contributed by atoms with Crippen molar-refractivity contribution in [3.8, 4) is 11.3 Å². The standard InChI is InChI=1S/C20H19N7O/c1-26(2)18-9-14(6-7-22-18)19(28)25-20-23-10-15-5-4-13(8-16(15)24-20)17-11-21-12-27(17)3/h4-12H,1-3H3,(H,23,24,25,28). The second kappa shape index (κ2) is 7.07. The van der Waals surface area contributed by atoms with Gasteiger partial charge < -0.3 is 9.47 Å². The van der Waals surface area contributed by atoms with Gasteiger partial charge in [-0.2, -0.15) is 0 Å². The highest BCUT2D eigenvalue weighted by Gasteiger charge is 2.11. The van der Waals surface area contributed by atoms with Crippen LogP contribution in [-0.4, -0.2) is 44.5 Å². The highest BCUT2D eigenvalue weighted by molar-refractivity contribution is 6.04. The lowest BCUT2D eigenvalue weighted by molar-refractivity contribution is 0.102. The molecule has 0 radical (unpaired) electrons. The lowest BCUT2D eigenvalue weighted by Gasteiger charge is -2.12. The van der Waals surface area contributed by atoms with E-state index >= 15 is 0 Å². The molecule has 0 saturated carbocycles. The number of amides is 1. The molecular formula is C20H19N7O. The van der Waals surface area contributed by atoms with Gasteiger partial charge in [-0.25, -0.2) is 19.9 Å². The minimum Gasteiger partial charge on any atom is -0.363 e. The van der Waals surface area contributed by atoms with Crippen molar-refractivity contribution in [3.05, 3.63) is 60.8 Å². The van der Waals surface area contributed by atoms with Gasteiger partial charge in [-0.15, -0.1) is 0 Å². The van der Waals surface area contributed by atoms with Crippen molar-refractivity contribution < 1.29 is 4.79 Å². The zero-order valence-corrected chi connectivity index (χ0v) is 15.8. The van der Waals surface area contributed by atoms with E-state index in [1.807, 2.05) is 48.8 Å². The molecule has 0 spiro atoms. The molecule has 1 amide bonds. The topological polar surface area (TPSA) is 88.8 Å². The third-order valence-electron chi connectivity index (χ3n) is 4.39. The maximum Gasteiger partial charge on any atom is 0.258 e. The summed E-state index contributed by atoms with van der Waals surface area (Å²) < 4.78 is 1.94. The molecule has 1 aromatic carbocycles. The summed E-state index contributed by atoms with van der Waals surface area (Å²) in [4.78, 5) is 31.5. The molecule has 4 aromatic rings. The fourth-order valence-electron chi connectivity index (χ4n) is 2.86. The van der Waals surface area contributed by atoms with E-state index in [1.165, 1.54) is 0 Å². The number of carbonyl (C=O) groups excluding carboxylic acids is 1. The van der Waals surface area contributed by atoms with E-state index < -0.39 is 0 Å². The summed E-state index contributed by atoms with van der Waals surface area (Å²) >= 11 is 0. The van der Waals surface area contributed by atoms with Crippen LogP contribution in [0.25, 0.3) is 22.2 Å². The van der Waals surface area contributed by atoms with Gasteiger partial charge in [0, 0.05) is 50.0 Å². The molecular weight excluding hydrogens is 354 g/mol. The van der Waals surface area contributed by atoms with E-state index in [1.54, 1.807) is 37.1 Å². The Morgan fingerprint density at radius 3 is 2.71 bits per heavy atom. The molecule has 8 heteroatoms. The number of aromatic nitrogens is 5. The first-order chi connectivity index (χ1) is 13.5. The molecule has 28 heavy (non-hydrogen) atoms. The summed E-state index contributed by atoms with van der Waals surface area (Å²) in [5.74, 6) is 0.670. The summed E-state index contributed by atoms with van der Waals surface area (Å²) in [6.07, 6.45) is 6.85. The van der Waals surface area contributed by atoms with Crippen LogP contribution >= 0.6 is 0 Å². The molecule has 0 aliphatic rings. The van der Waals surface area contributed by atoms with Gasteiger partial charge in [0.2, 0.25) is 5.95 Å². The fraction of sp³-hybridized carbons (Fsp3) is 0.150. The van der Waals surface area contributed by atoms with Gasteiger partial charge in [-0.05, 0) is 18.2 Å². The van der Waals surface area contributed by atoms with Crippen LogP contribution in [0, 0.1) is 0 Å². The van der Waals surface area contributed by atoms with E-state index in [0.717, 1.165) is 22.2 Å². The first-order valence-corrected chi connectivity index (χ1v) is 8.69. The Kier molecular flexibility index (Phi) is 4.44.